The van der Waals surface area contributed by atoms with Crippen LogP contribution in [0.25, 0.3) is 0 Å². The summed E-state index contributed by atoms with van der Waals surface area (Å²) in [6.45, 7) is 3.57. The first kappa shape index (κ1) is 15.0. The fourth-order valence-electron chi connectivity index (χ4n) is 2.31. The molecule has 110 valence electrons. The Morgan fingerprint density at radius 1 is 1.40 bits per heavy atom. The Balaban J connectivity index is 2.11. The molecule has 1 aromatic rings. The molecule has 5 nitrogen and oxygen atoms in total. The fourth-order valence-corrected chi connectivity index (χ4v) is 3.52. The lowest BCUT2D eigenvalue weighted by Crippen LogP contribution is -2.15. The Kier molecular flexibility index (Phi) is 5.52. The average Bonchev–Trinajstić information content (AvgIpc) is 2.95. The van der Waals surface area contributed by atoms with E-state index in [1.807, 2.05) is 24.8 Å². The molecule has 1 heterocycles. The van der Waals surface area contributed by atoms with Crippen LogP contribution in [0.4, 0.5) is 17.1 Å². The highest BCUT2D eigenvalue weighted by Gasteiger charge is 2.21. The van der Waals surface area contributed by atoms with E-state index in [9.17, 15) is 10.1 Å². The topological polar surface area (TPSA) is 67.2 Å². The maximum Gasteiger partial charge on any atom is 0.315 e. The van der Waals surface area contributed by atoms with Gasteiger partial charge in [-0.05, 0) is 37.1 Å². The summed E-state index contributed by atoms with van der Waals surface area (Å²) in [4.78, 5) is 11.0. The summed E-state index contributed by atoms with van der Waals surface area (Å²) in [5.74, 6) is 1.20. The summed E-state index contributed by atoms with van der Waals surface area (Å²) in [6, 6.07) is 5.41. The van der Waals surface area contributed by atoms with Crippen LogP contribution in [-0.2, 0) is 0 Å². The Morgan fingerprint density at radius 2 is 2.15 bits per heavy atom. The van der Waals surface area contributed by atoms with Crippen molar-refractivity contribution in [3.63, 3.8) is 0 Å². The lowest BCUT2D eigenvalue weighted by atomic mass is 10.2. The first-order valence-electron chi connectivity index (χ1n) is 7.09. The van der Waals surface area contributed by atoms with Crippen LogP contribution < -0.4 is 10.6 Å². The van der Waals surface area contributed by atoms with E-state index in [4.69, 9.17) is 0 Å². The lowest BCUT2D eigenvalue weighted by molar-refractivity contribution is -0.383. The number of para-hydroxylation sites is 1. The Bertz CT molecular complexity index is 462. The fraction of sp³-hybridized carbons (Fsp3) is 0.571. The van der Waals surface area contributed by atoms with Crippen LogP contribution in [0.1, 0.15) is 26.2 Å². The number of hydrogen-bond donors (Lipinski definition) is 2. The molecule has 1 saturated heterocycles. The van der Waals surface area contributed by atoms with Gasteiger partial charge in [-0.1, -0.05) is 13.0 Å². The number of nitro groups is 1. The number of nitrogens with one attached hydrogen (secondary N) is 2. The van der Waals surface area contributed by atoms with E-state index in [-0.39, 0.29) is 10.6 Å². The minimum Gasteiger partial charge on any atom is -0.379 e. The van der Waals surface area contributed by atoms with E-state index in [2.05, 4.69) is 10.6 Å². The van der Waals surface area contributed by atoms with E-state index < -0.39 is 0 Å². The largest absolute Gasteiger partial charge is 0.379 e. The number of anilines is 2. The molecular formula is C14H21N3O2S. The highest BCUT2D eigenvalue weighted by atomic mass is 32.2. The molecule has 0 spiro atoms. The van der Waals surface area contributed by atoms with E-state index in [1.54, 1.807) is 12.1 Å². The zero-order valence-electron chi connectivity index (χ0n) is 11.7. The van der Waals surface area contributed by atoms with Gasteiger partial charge in [-0.25, -0.2) is 0 Å². The number of hydrogen-bond acceptors (Lipinski definition) is 5. The SMILES string of the molecule is CCCNc1cccc(NCC2CCCS2)c1[N+](=O)[O-]. The average molecular weight is 295 g/mol. The molecule has 0 saturated carbocycles. The van der Waals surface area contributed by atoms with Crippen molar-refractivity contribution in [3.8, 4) is 0 Å². The van der Waals surface area contributed by atoms with Gasteiger partial charge in [0.15, 0.2) is 0 Å². The molecule has 0 aliphatic carbocycles. The van der Waals surface area contributed by atoms with E-state index in [1.165, 1.54) is 18.6 Å². The molecule has 0 aromatic heterocycles. The minimum absolute atomic E-state index is 0.156. The Hall–Kier alpha value is -1.43. The van der Waals surface area contributed by atoms with Crippen molar-refractivity contribution in [2.75, 3.05) is 29.5 Å². The van der Waals surface area contributed by atoms with Crippen LogP contribution in [0.2, 0.25) is 0 Å². The number of nitro benzene ring substituents is 1. The number of nitrogens with zero attached hydrogens (tertiary/aromatic N) is 1. The second-order valence-corrected chi connectivity index (χ2v) is 6.31. The van der Waals surface area contributed by atoms with Gasteiger partial charge in [0.05, 0.1) is 4.92 Å². The first-order valence-corrected chi connectivity index (χ1v) is 8.14. The van der Waals surface area contributed by atoms with Crippen molar-refractivity contribution >= 4 is 28.8 Å². The monoisotopic (exact) mass is 295 g/mol. The predicted octanol–water partition coefficient (Wildman–Crippen LogP) is 3.72. The molecule has 2 N–H and O–H groups in total. The van der Waals surface area contributed by atoms with Gasteiger partial charge in [-0.2, -0.15) is 11.8 Å². The summed E-state index contributed by atoms with van der Waals surface area (Å²) in [5, 5.41) is 18.3. The van der Waals surface area contributed by atoms with Crippen LogP contribution in [0.15, 0.2) is 18.2 Å². The van der Waals surface area contributed by atoms with E-state index >= 15 is 0 Å². The molecule has 1 unspecified atom stereocenters. The van der Waals surface area contributed by atoms with Gasteiger partial charge in [-0.3, -0.25) is 10.1 Å². The van der Waals surface area contributed by atoms with E-state index in [0.29, 0.717) is 16.6 Å². The molecule has 0 amide bonds. The second-order valence-electron chi connectivity index (χ2n) is 4.90. The summed E-state index contributed by atoms with van der Waals surface area (Å²) >= 11 is 1.95. The third-order valence-corrected chi connectivity index (χ3v) is 4.73. The van der Waals surface area contributed by atoms with Crippen molar-refractivity contribution in [1.82, 2.24) is 0 Å². The minimum atomic E-state index is -0.303. The summed E-state index contributed by atoms with van der Waals surface area (Å²) in [5.41, 5.74) is 1.37. The zero-order chi connectivity index (χ0) is 14.4. The summed E-state index contributed by atoms with van der Waals surface area (Å²) < 4.78 is 0. The van der Waals surface area contributed by atoms with Gasteiger partial charge in [0, 0.05) is 18.3 Å². The maximum atomic E-state index is 11.3. The standard InChI is InChI=1S/C14H21N3O2S/c1-2-8-15-12-6-3-7-13(14(12)17(18)19)16-10-11-5-4-9-20-11/h3,6-7,11,15-16H,2,4-5,8-10H2,1H3. The summed E-state index contributed by atoms with van der Waals surface area (Å²) in [7, 11) is 0. The number of benzene rings is 1. The first-order chi connectivity index (χ1) is 9.72. The molecule has 6 heteroatoms. The third-order valence-electron chi connectivity index (χ3n) is 3.33. The molecule has 1 aliphatic heterocycles. The normalized spacial score (nSPS) is 17.9. The van der Waals surface area contributed by atoms with Gasteiger partial charge >= 0.3 is 5.69 Å². The van der Waals surface area contributed by atoms with Crippen LogP contribution in [-0.4, -0.2) is 29.0 Å². The van der Waals surface area contributed by atoms with Crippen LogP contribution in [0.3, 0.4) is 0 Å². The maximum absolute atomic E-state index is 11.3. The van der Waals surface area contributed by atoms with Crippen LogP contribution in [0.5, 0.6) is 0 Å². The summed E-state index contributed by atoms with van der Waals surface area (Å²) in [6.07, 6.45) is 3.38. The van der Waals surface area contributed by atoms with Crippen molar-refractivity contribution in [3.05, 3.63) is 28.3 Å². The molecule has 1 fully saturated rings. The molecule has 0 radical (unpaired) electrons. The molecule has 1 aromatic carbocycles. The van der Waals surface area contributed by atoms with Gasteiger partial charge < -0.3 is 10.6 Å². The molecule has 1 atom stereocenters. The number of rotatable bonds is 7. The van der Waals surface area contributed by atoms with Crippen LogP contribution in [0, 0.1) is 10.1 Å². The lowest BCUT2D eigenvalue weighted by Gasteiger charge is -2.13. The smallest absolute Gasteiger partial charge is 0.315 e. The molecular weight excluding hydrogens is 274 g/mol. The number of thioether (sulfide) groups is 1. The van der Waals surface area contributed by atoms with Crippen molar-refractivity contribution in [1.29, 1.82) is 0 Å². The van der Waals surface area contributed by atoms with Crippen LogP contribution >= 0.6 is 11.8 Å². The molecule has 20 heavy (non-hydrogen) atoms. The Morgan fingerprint density at radius 3 is 2.75 bits per heavy atom. The van der Waals surface area contributed by atoms with Crippen molar-refractivity contribution < 1.29 is 4.92 Å². The van der Waals surface area contributed by atoms with Gasteiger partial charge in [0.1, 0.15) is 11.4 Å². The second kappa shape index (κ2) is 7.38. The zero-order valence-corrected chi connectivity index (χ0v) is 12.5. The van der Waals surface area contributed by atoms with E-state index in [0.717, 1.165) is 19.5 Å². The molecule has 0 bridgehead atoms. The van der Waals surface area contributed by atoms with Gasteiger partial charge in [0.2, 0.25) is 0 Å². The molecule has 2 rings (SSSR count). The highest BCUT2D eigenvalue weighted by Crippen LogP contribution is 2.34. The third kappa shape index (κ3) is 3.79. The van der Waals surface area contributed by atoms with Crippen molar-refractivity contribution in [2.24, 2.45) is 0 Å². The quantitative estimate of drug-likeness (QED) is 0.592. The van der Waals surface area contributed by atoms with Gasteiger partial charge in [0.25, 0.3) is 0 Å². The highest BCUT2D eigenvalue weighted by molar-refractivity contribution is 8.00. The van der Waals surface area contributed by atoms with Crippen molar-refractivity contribution in [2.45, 2.75) is 31.4 Å². The van der Waals surface area contributed by atoms with Gasteiger partial charge in [-0.15, -0.1) is 0 Å². The predicted molar refractivity (Wildman–Crippen MR) is 85.8 cm³/mol. The molecule has 1 aliphatic rings. The Labute approximate surface area is 123 Å².